The zero-order chi connectivity index (χ0) is 15.6. The van der Waals surface area contributed by atoms with Crippen LogP contribution in [0.3, 0.4) is 0 Å². The van der Waals surface area contributed by atoms with Crippen LogP contribution in [0, 0.1) is 13.8 Å². The fourth-order valence-electron chi connectivity index (χ4n) is 1.81. The van der Waals surface area contributed by atoms with Crippen molar-refractivity contribution in [3.63, 3.8) is 0 Å². The average molecular weight is 374 g/mol. The summed E-state index contributed by atoms with van der Waals surface area (Å²) < 4.78 is 62.7. The Labute approximate surface area is 125 Å². The van der Waals surface area contributed by atoms with Crippen LogP contribution in [0.2, 0.25) is 0 Å². The molecule has 0 bridgehead atoms. The Bertz CT molecular complexity index is 573. The molecule has 1 aromatic rings. The van der Waals surface area contributed by atoms with E-state index < -0.39 is 22.7 Å². The molecule has 114 valence electrons. The Morgan fingerprint density at radius 1 is 1.25 bits per heavy atom. The molecule has 0 radical (unpaired) electrons. The van der Waals surface area contributed by atoms with Crippen LogP contribution in [0.15, 0.2) is 23.1 Å². The normalized spacial score (nSPS) is 12.9. The van der Waals surface area contributed by atoms with Crippen molar-refractivity contribution < 1.29 is 21.6 Å². The third kappa shape index (κ3) is 4.46. The van der Waals surface area contributed by atoms with Gasteiger partial charge in [-0.3, -0.25) is 0 Å². The molecule has 1 aromatic carbocycles. The summed E-state index contributed by atoms with van der Waals surface area (Å²) in [5.74, 6) is 0. The van der Waals surface area contributed by atoms with Crippen molar-refractivity contribution in [1.82, 2.24) is 4.31 Å². The Balaban J connectivity index is 3.22. The second-order valence-corrected chi connectivity index (χ2v) is 7.11. The molecule has 0 amide bonds. The number of aryl methyl sites for hydroxylation is 2. The molecule has 0 heterocycles. The molecule has 0 aromatic heterocycles. The Hall–Kier alpha value is -0.600. The fourth-order valence-corrected chi connectivity index (χ4v) is 4.10. The first kappa shape index (κ1) is 17.5. The lowest BCUT2D eigenvalue weighted by atomic mass is 10.2. The van der Waals surface area contributed by atoms with Gasteiger partial charge in [0.1, 0.15) is 6.54 Å². The van der Waals surface area contributed by atoms with E-state index in [1.165, 1.54) is 6.07 Å². The van der Waals surface area contributed by atoms with Gasteiger partial charge < -0.3 is 0 Å². The van der Waals surface area contributed by atoms with E-state index in [0.717, 1.165) is 5.56 Å². The minimum atomic E-state index is -4.58. The highest BCUT2D eigenvalue weighted by molar-refractivity contribution is 9.09. The molecule has 0 unspecified atom stereocenters. The first-order valence-corrected chi connectivity index (χ1v) is 8.34. The zero-order valence-corrected chi connectivity index (χ0v) is 13.4. The van der Waals surface area contributed by atoms with Crippen LogP contribution >= 0.6 is 15.9 Å². The Kier molecular flexibility index (Phi) is 5.62. The van der Waals surface area contributed by atoms with E-state index in [9.17, 15) is 21.6 Å². The van der Waals surface area contributed by atoms with Gasteiger partial charge in [-0.15, -0.1) is 0 Å². The van der Waals surface area contributed by atoms with E-state index in [1.54, 1.807) is 26.0 Å². The van der Waals surface area contributed by atoms with Gasteiger partial charge >= 0.3 is 6.18 Å². The maximum absolute atomic E-state index is 12.5. The molecule has 0 aliphatic carbocycles. The molecule has 3 nitrogen and oxygen atoms in total. The van der Waals surface area contributed by atoms with Gasteiger partial charge in [0, 0.05) is 11.9 Å². The number of rotatable bonds is 5. The van der Waals surface area contributed by atoms with Crippen LogP contribution < -0.4 is 0 Å². The summed E-state index contributed by atoms with van der Waals surface area (Å²) in [5, 5.41) is 0.132. The molecular weight excluding hydrogens is 359 g/mol. The van der Waals surface area contributed by atoms with Gasteiger partial charge in [0.05, 0.1) is 4.90 Å². The van der Waals surface area contributed by atoms with Crippen molar-refractivity contribution in [2.24, 2.45) is 0 Å². The second-order valence-electron chi connectivity index (χ2n) is 4.41. The molecule has 0 spiro atoms. The van der Waals surface area contributed by atoms with Crippen LogP contribution in [0.5, 0.6) is 0 Å². The van der Waals surface area contributed by atoms with E-state index in [-0.39, 0.29) is 16.8 Å². The lowest BCUT2D eigenvalue weighted by Gasteiger charge is -2.23. The van der Waals surface area contributed by atoms with Crippen LogP contribution in [-0.4, -0.2) is 37.3 Å². The SMILES string of the molecule is Cc1ccc(S(=O)(=O)N(CCBr)CC(F)(F)F)c(C)c1. The monoisotopic (exact) mass is 373 g/mol. The molecule has 0 atom stereocenters. The van der Waals surface area contributed by atoms with E-state index in [2.05, 4.69) is 15.9 Å². The number of hydrogen-bond acceptors (Lipinski definition) is 2. The fraction of sp³-hybridized carbons (Fsp3) is 0.500. The minimum Gasteiger partial charge on any atom is -0.207 e. The average Bonchev–Trinajstić information content (AvgIpc) is 2.26. The van der Waals surface area contributed by atoms with E-state index in [0.29, 0.717) is 9.87 Å². The maximum Gasteiger partial charge on any atom is 0.402 e. The Morgan fingerprint density at radius 2 is 1.85 bits per heavy atom. The topological polar surface area (TPSA) is 37.4 Å². The largest absolute Gasteiger partial charge is 0.402 e. The number of alkyl halides is 4. The molecule has 0 N–H and O–H groups in total. The first-order valence-electron chi connectivity index (χ1n) is 5.78. The standard InChI is InChI=1S/C12H15BrF3NO2S/c1-9-3-4-11(10(2)7-9)20(18,19)17(6-5-13)8-12(14,15)16/h3-4,7H,5-6,8H2,1-2H3. The van der Waals surface area contributed by atoms with Gasteiger partial charge in [0.15, 0.2) is 0 Å². The van der Waals surface area contributed by atoms with Crippen molar-refractivity contribution >= 4 is 26.0 Å². The summed E-state index contributed by atoms with van der Waals surface area (Å²) in [6.45, 7) is 1.62. The third-order valence-corrected chi connectivity index (χ3v) is 5.00. The number of sulfonamides is 1. The lowest BCUT2D eigenvalue weighted by Crippen LogP contribution is -2.40. The molecule has 1 rings (SSSR count). The summed E-state index contributed by atoms with van der Waals surface area (Å²) in [5.41, 5.74) is 1.29. The highest BCUT2D eigenvalue weighted by Gasteiger charge is 2.37. The van der Waals surface area contributed by atoms with Crippen molar-refractivity contribution in [1.29, 1.82) is 0 Å². The maximum atomic E-state index is 12.5. The highest BCUT2D eigenvalue weighted by atomic mass is 79.9. The van der Waals surface area contributed by atoms with Crippen LogP contribution in [0.25, 0.3) is 0 Å². The molecular formula is C12H15BrF3NO2S. The van der Waals surface area contributed by atoms with Gasteiger partial charge in [0.25, 0.3) is 0 Å². The molecule has 8 heteroatoms. The van der Waals surface area contributed by atoms with Crippen molar-refractivity contribution in [2.45, 2.75) is 24.9 Å². The predicted octanol–water partition coefficient (Wildman–Crippen LogP) is 3.25. The third-order valence-electron chi connectivity index (χ3n) is 2.64. The second kappa shape index (κ2) is 6.44. The lowest BCUT2D eigenvalue weighted by molar-refractivity contribution is -0.135. The van der Waals surface area contributed by atoms with Crippen molar-refractivity contribution in [2.75, 3.05) is 18.4 Å². The number of benzene rings is 1. The molecule has 20 heavy (non-hydrogen) atoms. The predicted molar refractivity (Wildman–Crippen MR) is 74.5 cm³/mol. The van der Waals surface area contributed by atoms with E-state index in [4.69, 9.17) is 0 Å². The van der Waals surface area contributed by atoms with Crippen molar-refractivity contribution in [3.8, 4) is 0 Å². The zero-order valence-electron chi connectivity index (χ0n) is 11.0. The van der Waals surface area contributed by atoms with Crippen LogP contribution in [-0.2, 0) is 10.0 Å². The summed E-state index contributed by atoms with van der Waals surface area (Å²) in [7, 11) is -4.16. The number of nitrogens with zero attached hydrogens (tertiary/aromatic N) is 1. The first-order chi connectivity index (χ1) is 9.08. The van der Waals surface area contributed by atoms with Crippen LogP contribution in [0.1, 0.15) is 11.1 Å². The smallest absolute Gasteiger partial charge is 0.207 e. The summed E-state index contributed by atoms with van der Waals surface area (Å²) >= 11 is 2.98. The summed E-state index contributed by atoms with van der Waals surface area (Å²) in [6, 6.07) is 4.55. The summed E-state index contributed by atoms with van der Waals surface area (Å²) in [4.78, 5) is -0.0895. The van der Waals surface area contributed by atoms with Crippen LogP contribution in [0.4, 0.5) is 13.2 Å². The quantitative estimate of drug-likeness (QED) is 0.742. The van der Waals surface area contributed by atoms with Gasteiger partial charge in [-0.05, 0) is 25.5 Å². The molecule has 0 saturated carbocycles. The van der Waals surface area contributed by atoms with Gasteiger partial charge in [-0.1, -0.05) is 33.6 Å². The van der Waals surface area contributed by atoms with Gasteiger partial charge in [-0.25, -0.2) is 8.42 Å². The number of hydrogen-bond donors (Lipinski definition) is 0. The molecule has 0 fully saturated rings. The minimum absolute atomic E-state index is 0.0895. The Morgan fingerprint density at radius 3 is 2.30 bits per heavy atom. The molecule has 0 saturated heterocycles. The highest BCUT2D eigenvalue weighted by Crippen LogP contribution is 2.25. The van der Waals surface area contributed by atoms with Gasteiger partial charge in [0.2, 0.25) is 10.0 Å². The van der Waals surface area contributed by atoms with Crippen molar-refractivity contribution in [3.05, 3.63) is 29.3 Å². The van der Waals surface area contributed by atoms with E-state index >= 15 is 0 Å². The molecule has 0 aliphatic heterocycles. The number of halogens is 4. The molecule has 0 aliphatic rings. The summed E-state index contributed by atoms with van der Waals surface area (Å²) in [6.07, 6.45) is -4.58. The van der Waals surface area contributed by atoms with E-state index in [1.807, 2.05) is 0 Å². The van der Waals surface area contributed by atoms with Gasteiger partial charge in [-0.2, -0.15) is 17.5 Å².